The van der Waals surface area contributed by atoms with E-state index in [1.54, 1.807) is 0 Å². The molecule has 6 heavy (non-hydrogen) atoms. The minimum absolute atomic E-state index is 0. The predicted molar refractivity (Wildman–Crippen MR) is 20.8 cm³/mol. The molecule has 2 heteroatoms. The summed E-state index contributed by atoms with van der Waals surface area (Å²) in [7, 11) is 0. The first-order chi connectivity index (χ1) is 2.50. The molecule has 0 aliphatic heterocycles. The molecule has 0 aromatic carbocycles. The number of hydrogen-bond donors (Lipinski definition) is 1. The Bertz CT molecular complexity index is 64.0. The van der Waals surface area contributed by atoms with Gasteiger partial charge in [0, 0.05) is 34.8 Å². The molecule has 0 saturated carbocycles. The summed E-state index contributed by atoms with van der Waals surface area (Å²) in [4.78, 5) is 2.86. The molecule has 1 radical (unpaired) electrons. The molecule has 0 saturated heterocycles. The number of aromatic nitrogens is 1. The summed E-state index contributed by atoms with van der Waals surface area (Å²) in [5.74, 6) is 0. The Kier molecular flexibility index (Phi) is 3.23. The van der Waals surface area contributed by atoms with Crippen LogP contribution in [-0.2, 0) is 22.4 Å². The van der Waals surface area contributed by atoms with Gasteiger partial charge >= 0.3 is 0 Å². The number of hydrogen-bond acceptors (Lipinski definition) is 0. The van der Waals surface area contributed by atoms with Crippen LogP contribution >= 0.6 is 0 Å². The molecule has 0 aliphatic carbocycles. The van der Waals surface area contributed by atoms with Crippen LogP contribution in [0.5, 0.6) is 0 Å². The Hall–Kier alpha value is 0.0203. The summed E-state index contributed by atoms with van der Waals surface area (Å²) in [5, 5.41) is 0. The fraction of sp³-hybridized carbons (Fsp3) is 0. The molecule has 1 rings (SSSR count). The van der Waals surface area contributed by atoms with Crippen molar-refractivity contribution in [3.63, 3.8) is 0 Å². The van der Waals surface area contributed by atoms with Crippen molar-refractivity contribution in [3.05, 3.63) is 24.5 Å². The fourth-order valence-electron chi connectivity index (χ4n) is 0.278. The van der Waals surface area contributed by atoms with Gasteiger partial charge in [-0.25, -0.2) is 0 Å². The SMILES string of the molecule is [Ag].c1cc[nH]c1. The van der Waals surface area contributed by atoms with Crippen LogP contribution in [0.15, 0.2) is 24.5 Å². The van der Waals surface area contributed by atoms with Crippen LogP contribution in [0, 0.1) is 0 Å². The molecule has 1 N–H and O–H groups in total. The Balaban J connectivity index is 0.000000250. The molecule has 0 atom stereocenters. The molecule has 1 nitrogen and oxygen atoms in total. The zero-order valence-electron chi connectivity index (χ0n) is 3.11. The van der Waals surface area contributed by atoms with E-state index in [4.69, 9.17) is 0 Å². The smallest absolute Gasteiger partial charge is 0.000496 e. The van der Waals surface area contributed by atoms with E-state index in [-0.39, 0.29) is 22.4 Å². The molecule has 1 aromatic rings. The van der Waals surface area contributed by atoms with Gasteiger partial charge in [-0.1, -0.05) is 0 Å². The first-order valence-corrected chi connectivity index (χ1v) is 1.58. The first kappa shape index (κ1) is 6.02. The zero-order chi connectivity index (χ0) is 3.54. The van der Waals surface area contributed by atoms with Gasteiger partial charge in [0.25, 0.3) is 0 Å². The molecule has 0 amide bonds. The second-order valence-corrected chi connectivity index (χ2v) is 0.885. The molecular weight excluding hydrogens is 170 g/mol. The van der Waals surface area contributed by atoms with E-state index in [2.05, 4.69) is 4.98 Å². The van der Waals surface area contributed by atoms with Crippen molar-refractivity contribution in [3.8, 4) is 0 Å². The van der Waals surface area contributed by atoms with E-state index >= 15 is 0 Å². The van der Waals surface area contributed by atoms with Crippen molar-refractivity contribution in [1.82, 2.24) is 4.98 Å². The standard InChI is InChI=1S/C4H5N.Ag/c1-2-4-5-3-1;/h1-5H;. The number of nitrogens with one attached hydrogen (secondary N) is 1. The van der Waals surface area contributed by atoms with Crippen LogP contribution in [0.3, 0.4) is 0 Å². The van der Waals surface area contributed by atoms with Gasteiger partial charge in [0.1, 0.15) is 0 Å². The van der Waals surface area contributed by atoms with E-state index in [9.17, 15) is 0 Å². The summed E-state index contributed by atoms with van der Waals surface area (Å²) in [6, 6.07) is 3.89. The van der Waals surface area contributed by atoms with Gasteiger partial charge in [-0.05, 0) is 12.1 Å². The maximum atomic E-state index is 2.86. The van der Waals surface area contributed by atoms with Gasteiger partial charge < -0.3 is 4.98 Å². The van der Waals surface area contributed by atoms with Crippen LogP contribution in [0.25, 0.3) is 0 Å². The Morgan fingerprint density at radius 1 is 1.00 bits per heavy atom. The molecule has 0 unspecified atom stereocenters. The molecule has 0 fully saturated rings. The molecule has 37 valence electrons. The van der Waals surface area contributed by atoms with Gasteiger partial charge in [0.2, 0.25) is 0 Å². The summed E-state index contributed by atoms with van der Waals surface area (Å²) in [6.07, 6.45) is 3.75. The third-order valence-corrected chi connectivity index (χ3v) is 0.496. The van der Waals surface area contributed by atoms with Gasteiger partial charge in [-0.3, -0.25) is 0 Å². The quantitative estimate of drug-likeness (QED) is 0.566. The van der Waals surface area contributed by atoms with Crippen LogP contribution in [0.4, 0.5) is 0 Å². The largest absolute Gasteiger partial charge is 0.368 e. The van der Waals surface area contributed by atoms with Crippen molar-refractivity contribution in [2.45, 2.75) is 0 Å². The van der Waals surface area contributed by atoms with Crippen LogP contribution in [0.1, 0.15) is 0 Å². The number of aromatic amines is 1. The van der Waals surface area contributed by atoms with Crippen LogP contribution in [0.2, 0.25) is 0 Å². The van der Waals surface area contributed by atoms with Crippen LogP contribution in [-0.4, -0.2) is 4.98 Å². The summed E-state index contributed by atoms with van der Waals surface area (Å²) < 4.78 is 0. The summed E-state index contributed by atoms with van der Waals surface area (Å²) in [5.41, 5.74) is 0. The van der Waals surface area contributed by atoms with E-state index in [1.165, 1.54) is 0 Å². The third-order valence-electron chi connectivity index (χ3n) is 0.496. The molecule has 0 aliphatic rings. The third kappa shape index (κ3) is 1.46. The number of H-pyrrole nitrogens is 1. The predicted octanol–water partition coefficient (Wildman–Crippen LogP) is 1.01. The van der Waals surface area contributed by atoms with Gasteiger partial charge in [0.05, 0.1) is 0 Å². The Labute approximate surface area is 52.3 Å². The fourth-order valence-corrected chi connectivity index (χ4v) is 0.278. The minimum Gasteiger partial charge on any atom is -0.368 e. The second-order valence-electron chi connectivity index (χ2n) is 0.885. The summed E-state index contributed by atoms with van der Waals surface area (Å²) >= 11 is 0. The van der Waals surface area contributed by atoms with E-state index in [0.29, 0.717) is 0 Å². The molecule has 1 heterocycles. The van der Waals surface area contributed by atoms with E-state index in [0.717, 1.165) is 0 Å². The maximum absolute atomic E-state index is 2.86. The van der Waals surface area contributed by atoms with Crippen LogP contribution < -0.4 is 0 Å². The maximum Gasteiger partial charge on any atom is 0.000496 e. The van der Waals surface area contributed by atoms with Gasteiger partial charge in [-0.2, -0.15) is 0 Å². The van der Waals surface area contributed by atoms with Crippen molar-refractivity contribution >= 4 is 0 Å². The van der Waals surface area contributed by atoms with E-state index < -0.39 is 0 Å². The second kappa shape index (κ2) is 3.22. The normalized spacial score (nSPS) is 6.67. The molecule has 0 bridgehead atoms. The van der Waals surface area contributed by atoms with Crippen molar-refractivity contribution < 1.29 is 22.4 Å². The molecule has 1 aromatic heterocycles. The average Bonchev–Trinajstić information content (AvgIpc) is 1.76. The van der Waals surface area contributed by atoms with Crippen molar-refractivity contribution in [2.75, 3.05) is 0 Å². The Morgan fingerprint density at radius 2 is 1.50 bits per heavy atom. The monoisotopic (exact) mass is 174 g/mol. The number of rotatable bonds is 0. The van der Waals surface area contributed by atoms with Crippen molar-refractivity contribution in [2.24, 2.45) is 0 Å². The topological polar surface area (TPSA) is 15.8 Å². The van der Waals surface area contributed by atoms with Gasteiger partial charge in [0.15, 0.2) is 0 Å². The summed E-state index contributed by atoms with van der Waals surface area (Å²) in [6.45, 7) is 0. The molecule has 0 spiro atoms. The Morgan fingerprint density at radius 3 is 1.67 bits per heavy atom. The van der Waals surface area contributed by atoms with Gasteiger partial charge in [-0.15, -0.1) is 0 Å². The van der Waals surface area contributed by atoms with Crippen molar-refractivity contribution in [1.29, 1.82) is 0 Å². The minimum atomic E-state index is 0. The zero-order valence-corrected chi connectivity index (χ0v) is 4.59. The first-order valence-electron chi connectivity index (χ1n) is 1.58. The average molecular weight is 175 g/mol. The molecular formula is C4H5AgN. The van der Waals surface area contributed by atoms with E-state index in [1.807, 2.05) is 24.5 Å².